The Morgan fingerprint density at radius 2 is 1.56 bits per heavy atom. The van der Waals surface area contributed by atoms with Crippen molar-refractivity contribution in [3.8, 4) is 17.2 Å². The highest BCUT2D eigenvalue weighted by Gasteiger charge is 2.17. The Bertz CT molecular complexity index is 833. The predicted molar refractivity (Wildman–Crippen MR) is 90.5 cm³/mol. The number of rotatable bonds is 3. The Balaban J connectivity index is 1.67. The minimum atomic E-state index is -0.583. The largest absolute Gasteiger partial charge is 0.494 e. The summed E-state index contributed by atoms with van der Waals surface area (Å²) in [4.78, 5) is 24.3. The van der Waals surface area contributed by atoms with E-state index < -0.39 is 11.8 Å². The first kappa shape index (κ1) is 17.2. The molecule has 7 nitrogen and oxygen atoms in total. The molecule has 2 aromatic rings. The van der Waals surface area contributed by atoms with Gasteiger partial charge in [0.2, 0.25) is 6.79 Å². The van der Waals surface area contributed by atoms with E-state index in [9.17, 15) is 9.59 Å². The maximum atomic E-state index is 12.1. The van der Waals surface area contributed by atoms with Crippen molar-refractivity contribution in [2.24, 2.45) is 0 Å². The maximum Gasteiger partial charge on any atom is 0.269 e. The van der Waals surface area contributed by atoms with E-state index in [0.717, 1.165) is 0 Å². The number of carbonyl (C=O) groups excluding carboxylic acids is 2. The van der Waals surface area contributed by atoms with Crippen molar-refractivity contribution in [1.82, 2.24) is 10.9 Å². The summed E-state index contributed by atoms with van der Waals surface area (Å²) in [5.74, 6) is 0.193. The molecular formula is C16H12Cl2N2O5. The number of hydrogen-bond donors (Lipinski definition) is 2. The van der Waals surface area contributed by atoms with Crippen LogP contribution in [0.5, 0.6) is 17.2 Å². The Morgan fingerprint density at radius 3 is 2.20 bits per heavy atom. The molecule has 0 spiro atoms. The van der Waals surface area contributed by atoms with E-state index in [-0.39, 0.29) is 28.2 Å². The molecule has 1 heterocycles. The second-order valence-corrected chi connectivity index (χ2v) is 5.76. The van der Waals surface area contributed by atoms with Gasteiger partial charge in [0, 0.05) is 11.1 Å². The third kappa shape index (κ3) is 3.57. The van der Waals surface area contributed by atoms with Crippen LogP contribution in [0.15, 0.2) is 30.3 Å². The number of benzene rings is 2. The van der Waals surface area contributed by atoms with Crippen LogP contribution in [0.4, 0.5) is 0 Å². The first-order chi connectivity index (χ1) is 12.0. The normalized spacial score (nSPS) is 11.8. The summed E-state index contributed by atoms with van der Waals surface area (Å²) in [6.07, 6.45) is 0. The molecule has 0 radical (unpaired) electrons. The Morgan fingerprint density at radius 1 is 0.960 bits per heavy atom. The van der Waals surface area contributed by atoms with Crippen LogP contribution in [0.1, 0.15) is 20.7 Å². The monoisotopic (exact) mass is 382 g/mol. The van der Waals surface area contributed by atoms with Gasteiger partial charge in [0.05, 0.1) is 17.2 Å². The van der Waals surface area contributed by atoms with Gasteiger partial charge in [-0.05, 0) is 30.3 Å². The van der Waals surface area contributed by atoms with Gasteiger partial charge in [-0.25, -0.2) is 0 Å². The molecule has 0 fully saturated rings. The summed E-state index contributed by atoms with van der Waals surface area (Å²) in [5.41, 5.74) is 5.06. The van der Waals surface area contributed by atoms with E-state index in [1.807, 2.05) is 0 Å². The van der Waals surface area contributed by atoms with Gasteiger partial charge in [0.25, 0.3) is 11.8 Å². The lowest BCUT2D eigenvalue weighted by atomic mass is 10.2. The average molecular weight is 383 g/mol. The second-order valence-electron chi connectivity index (χ2n) is 4.95. The first-order valence-electron chi connectivity index (χ1n) is 7.03. The summed E-state index contributed by atoms with van der Waals surface area (Å²) in [6, 6.07) is 7.45. The van der Waals surface area contributed by atoms with Crippen LogP contribution in [0.3, 0.4) is 0 Å². The van der Waals surface area contributed by atoms with Crippen molar-refractivity contribution in [3.05, 3.63) is 51.5 Å². The fraction of sp³-hybridized carbons (Fsp3) is 0.125. The molecule has 9 heteroatoms. The number of methoxy groups -OCH3 is 1. The van der Waals surface area contributed by atoms with Crippen molar-refractivity contribution in [2.75, 3.05) is 13.9 Å². The van der Waals surface area contributed by atoms with Crippen LogP contribution < -0.4 is 25.1 Å². The Labute approximate surface area is 152 Å². The van der Waals surface area contributed by atoms with Gasteiger partial charge < -0.3 is 14.2 Å². The van der Waals surface area contributed by atoms with Crippen LogP contribution in [-0.4, -0.2) is 25.7 Å². The topological polar surface area (TPSA) is 85.9 Å². The zero-order chi connectivity index (χ0) is 18.0. The highest BCUT2D eigenvalue weighted by Crippen LogP contribution is 2.34. The standard InChI is InChI=1S/C16H12Cl2N2O5/c1-23-14-10(17)4-9(5-11(14)18)16(22)20-19-15(21)8-2-3-12-13(6-8)25-7-24-12/h2-6H,7H2,1H3,(H,19,21)(H,20,22). The molecule has 0 aliphatic carbocycles. The van der Waals surface area contributed by atoms with Gasteiger partial charge in [-0.1, -0.05) is 23.2 Å². The lowest BCUT2D eigenvalue weighted by Gasteiger charge is -2.10. The molecule has 25 heavy (non-hydrogen) atoms. The Hall–Kier alpha value is -2.64. The molecule has 2 aromatic carbocycles. The number of ether oxygens (including phenoxy) is 3. The fourth-order valence-corrected chi connectivity index (χ4v) is 2.82. The van der Waals surface area contributed by atoms with Crippen LogP contribution in [0.2, 0.25) is 10.0 Å². The van der Waals surface area contributed by atoms with E-state index in [4.69, 9.17) is 37.4 Å². The van der Waals surface area contributed by atoms with Gasteiger partial charge in [-0.3, -0.25) is 20.4 Å². The van der Waals surface area contributed by atoms with Crippen LogP contribution in [-0.2, 0) is 0 Å². The maximum absolute atomic E-state index is 12.1. The van der Waals surface area contributed by atoms with E-state index in [2.05, 4.69) is 10.9 Å². The van der Waals surface area contributed by atoms with E-state index in [1.54, 1.807) is 12.1 Å². The molecule has 1 aliphatic rings. The van der Waals surface area contributed by atoms with Crippen LogP contribution in [0, 0.1) is 0 Å². The molecule has 2 N–H and O–H groups in total. The van der Waals surface area contributed by atoms with E-state index in [0.29, 0.717) is 17.1 Å². The van der Waals surface area contributed by atoms with Crippen LogP contribution >= 0.6 is 23.2 Å². The van der Waals surface area contributed by atoms with E-state index >= 15 is 0 Å². The Kier molecular flexibility index (Phi) is 4.87. The molecule has 0 saturated carbocycles. The fourth-order valence-electron chi connectivity index (χ4n) is 2.18. The SMILES string of the molecule is COc1c(Cl)cc(C(=O)NNC(=O)c2ccc3c(c2)OCO3)cc1Cl. The average Bonchev–Trinajstić information content (AvgIpc) is 3.06. The molecular weight excluding hydrogens is 371 g/mol. The lowest BCUT2D eigenvalue weighted by molar-refractivity contribution is 0.0846. The second kappa shape index (κ2) is 7.08. The van der Waals surface area contributed by atoms with Crippen molar-refractivity contribution in [1.29, 1.82) is 0 Å². The number of amides is 2. The molecule has 130 valence electrons. The highest BCUT2D eigenvalue weighted by atomic mass is 35.5. The van der Waals surface area contributed by atoms with Crippen molar-refractivity contribution >= 4 is 35.0 Å². The highest BCUT2D eigenvalue weighted by molar-refractivity contribution is 6.37. The van der Waals surface area contributed by atoms with Crippen molar-refractivity contribution in [3.63, 3.8) is 0 Å². The molecule has 0 atom stereocenters. The van der Waals surface area contributed by atoms with E-state index in [1.165, 1.54) is 25.3 Å². The molecule has 2 amide bonds. The zero-order valence-electron chi connectivity index (χ0n) is 12.9. The number of hydrazine groups is 1. The lowest BCUT2D eigenvalue weighted by Crippen LogP contribution is -2.41. The van der Waals surface area contributed by atoms with Crippen molar-refractivity contribution in [2.45, 2.75) is 0 Å². The van der Waals surface area contributed by atoms with Gasteiger partial charge in [-0.15, -0.1) is 0 Å². The quantitative estimate of drug-likeness (QED) is 0.797. The van der Waals surface area contributed by atoms with Gasteiger partial charge in [0.15, 0.2) is 17.2 Å². The number of carbonyl (C=O) groups is 2. The summed E-state index contributed by atoms with van der Waals surface area (Å²) < 4.78 is 15.4. The van der Waals surface area contributed by atoms with Gasteiger partial charge in [-0.2, -0.15) is 0 Å². The smallest absolute Gasteiger partial charge is 0.269 e. The molecule has 0 unspecified atom stereocenters. The molecule has 3 rings (SSSR count). The summed E-state index contributed by atoms with van der Waals surface area (Å²) in [7, 11) is 1.42. The summed E-state index contributed by atoms with van der Waals surface area (Å²) in [5, 5.41) is 0.365. The zero-order valence-corrected chi connectivity index (χ0v) is 14.4. The molecule has 0 aromatic heterocycles. The third-order valence-corrected chi connectivity index (χ3v) is 3.95. The summed E-state index contributed by atoms with van der Waals surface area (Å²) in [6.45, 7) is 0.107. The van der Waals surface area contributed by atoms with Crippen LogP contribution in [0.25, 0.3) is 0 Å². The summed E-state index contributed by atoms with van der Waals surface area (Å²) >= 11 is 12.0. The minimum absolute atomic E-state index is 0.107. The molecule has 0 bridgehead atoms. The predicted octanol–water partition coefficient (Wildman–Crippen LogP) is 2.81. The van der Waals surface area contributed by atoms with Crippen molar-refractivity contribution < 1.29 is 23.8 Å². The number of nitrogens with one attached hydrogen (secondary N) is 2. The number of hydrogen-bond acceptors (Lipinski definition) is 5. The minimum Gasteiger partial charge on any atom is -0.494 e. The number of fused-ring (bicyclic) bond motifs is 1. The molecule has 1 aliphatic heterocycles. The van der Waals surface area contributed by atoms with Gasteiger partial charge in [0.1, 0.15) is 0 Å². The number of halogens is 2. The van der Waals surface area contributed by atoms with Gasteiger partial charge >= 0.3 is 0 Å². The molecule has 0 saturated heterocycles. The first-order valence-corrected chi connectivity index (χ1v) is 7.78. The third-order valence-electron chi connectivity index (χ3n) is 3.39.